The van der Waals surface area contributed by atoms with Crippen molar-refractivity contribution in [1.82, 2.24) is 0 Å². The molecule has 0 atom stereocenters. The van der Waals surface area contributed by atoms with Crippen LogP contribution in [0.4, 0.5) is 17.1 Å². The van der Waals surface area contributed by atoms with E-state index in [1.165, 1.54) is 145 Å². The molecule has 0 unspecified atom stereocenters. The van der Waals surface area contributed by atoms with Crippen molar-refractivity contribution < 1.29 is 0 Å². The standard InChI is InChI=1S/C70H67N/c1-66(2,3)48-28-31-54-55-32-29-49(67(4,5)6)38-61(55)70(60(54)37-48)59-21-13-10-17-52(59)56-33-30-50(39-62(56)70)71(64-23-15-19-57-53-18-9-12-20-58(53)68(7,8)65(57)64)63-22-14-11-16-51(63)46-24-26-47(27-25-46)69-40-43-34-44(41-69)36-45(35-43)42-69/h9-33,37-39,43-45H,34-36,40-42H2,1-8H3. The summed E-state index contributed by atoms with van der Waals surface area (Å²) < 4.78 is 0. The molecule has 1 heteroatoms. The van der Waals surface area contributed by atoms with Crippen molar-refractivity contribution in [2.75, 3.05) is 4.90 Å². The normalized spacial score (nSPS) is 22.2. The molecule has 0 aliphatic heterocycles. The minimum Gasteiger partial charge on any atom is -0.310 e. The summed E-state index contributed by atoms with van der Waals surface area (Å²) in [6, 6.07) is 67.1. The van der Waals surface area contributed by atoms with E-state index in [9.17, 15) is 0 Å². The van der Waals surface area contributed by atoms with Crippen LogP contribution < -0.4 is 4.90 Å². The van der Waals surface area contributed by atoms with Gasteiger partial charge in [0.15, 0.2) is 0 Å². The Morgan fingerprint density at radius 2 is 0.873 bits per heavy atom. The molecule has 7 aliphatic carbocycles. The van der Waals surface area contributed by atoms with E-state index in [0.29, 0.717) is 5.41 Å². The van der Waals surface area contributed by atoms with Gasteiger partial charge in [0.1, 0.15) is 0 Å². The Morgan fingerprint density at radius 3 is 1.46 bits per heavy atom. The van der Waals surface area contributed by atoms with Crippen molar-refractivity contribution in [2.24, 2.45) is 17.8 Å². The van der Waals surface area contributed by atoms with Gasteiger partial charge in [-0.3, -0.25) is 0 Å². The Bertz CT molecular complexity index is 3410. The Labute approximate surface area is 423 Å². The minimum atomic E-state index is -0.512. The van der Waals surface area contributed by atoms with Gasteiger partial charge in [0, 0.05) is 16.7 Å². The van der Waals surface area contributed by atoms with Crippen LogP contribution in [-0.4, -0.2) is 0 Å². The summed E-state index contributed by atoms with van der Waals surface area (Å²) in [4.78, 5) is 2.65. The van der Waals surface area contributed by atoms with Crippen molar-refractivity contribution in [1.29, 1.82) is 0 Å². The first-order chi connectivity index (χ1) is 34.1. The first kappa shape index (κ1) is 43.4. The summed E-state index contributed by atoms with van der Waals surface area (Å²) in [5.41, 5.74) is 26.4. The van der Waals surface area contributed by atoms with Gasteiger partial charge >= 0.3 is 0 Å². The molecule has 0 radical (unpaired) electrons. The Balaban J connectivity index is 1.02. The molecule has 4 fully saturated rings. The first-order valence-electron chi connectivity index (χ1n) is 26.9. The zero-order chi connectivity index (χ0) is 48.4. The van der Waals surface area contributed by atoms with Crippen LogP contribution in [0.1, 0.15) is 144 Å². The SMILES string of the molecule is CC(C)(C)c1ccc2c(c1)C1(c3ccccc3-c3ccc(N(c4ccccc4-c4ccc(C56CC7CC(CC(C7)C5)C6)cc4)c4cccc5c4C(C)(C)c4ccccc4-5)cc31)c1cc(C(C)(C)C)ccc1-2. The van der Waals surface area contributed by atoms with Crippen LogP contribution in [0.5, 0.6) is 0 Å². The summed E-state index contributed by atoms with van der Waals surface area (Å²) in [6.45, 7) is 19.0. The number of benzene rings is 8. The minimum absolute atomic E-state index is 0.0175. The van der Waals surface area contributed by atoms with Gasteiger partial charge < -0.3 is 4.90 Å². The lowest BCUT2D eigenvalue weighted by molar-refractivity contribution is -0.00518. The third-order valence-corrected chi connectivity index (χ3v) is 18.9. The summed E-state index contributed by atoms with van der Waals surface area (Å²) in [7, 11) is 0. The Morgan fingerprint density at radius 1 is 0.408 bits per heavy atom. The Kier molecular flexibility index (Phi) is 9.05. The molecular formula is C70H67N. The third kappa shape index (κ3) is 6.11. The zero-order valence-electron chi connectivity index (χ0n) is 43.1. The van der Waals surface area contributed by atoms with Gasteiger partial charge in [-0.1, -0.05) is 201 Å². The second-order valence-electron chi connectivity index (χ2n) is 25.5. The number of hydrogen-bond acceptors (Lipinski definition) is 1. The summed E-state index contributed by atoms with van der Waals surface area (Å²) >= 11 is 0. The molecule has 8 aromatic rings. The lowest BCUT2D eigenvalue weighted by atomic mass is 9.48. The quantitative estimate of drug-likeness (QED) is 0.166. The maximum atomic E-state index is 2.65. The second-order valence-corrected chi connectivity index (χ2v) is 25.5. The molecular weight excluding hydrogens is 855 g/mol. The van der Waals surface area contributed by atoms with Crippen LogP contribution >= 0.6 is 0 Å². The van der Waals surface area contributed by atoms with Crippen molar-refractivity contribution >= 4 is 17.1 Å². The highest BCUT2D eigenvalue weighted by Crippen LogP contribution is 2.65. The predicted molar refractivity (Wildman–Crippen MR) is 298 cm³/mol. The van der Waals surface area contributed by atoms with E-state index < -0.39 is 5.41 Å². The highest BCUT2D eigenvalue weighted by molar-refractivity contribution is 5.99. The monoisotopic (exact) mass is 922 g/mol. The molecule has 0 aromatic heterocycles. The molecule has 15 rings (SSSR count). The van der Waals surface area contributed by atoms with E-state index in [0.717, 1.165) is 17.8 Å². The topological polar surface area (TPSA) is 3.24 Å². The van der Waals surface area contributed by atoms with Crippen LogP contribution in [0.2, 0.25) is 0 Å². The van der Waals surface area contributed by atoms with Crippen LogP contribution in [0.3, 0.4) is 0 Å². The first-order valence-corrected chi connectivity index (χ1v) is 26.9. The number of hydrogen-bond donors (Lipinski definition) is 0. The number of nitrogens with zero attached hydrogens (tertiary/aromatic N) is 1. The van der Waals surface area contributed by atoms with Crippen LogP contribution in [-0.2, 0) is 27.1 Å². The smallest absolute Gasteiger partial charge is 0.0726 e. The molecule has 4 saturated carbocycles. The van der Waals surface area contributed by atoms with Crippen LogP contribution in [0, 0.1) is 17.8 Å². The maximum absolute atomic E-state index is 2.65. The summed E-state index contributed by atoms with van der Waals surface area (Å²) in [5, 5.41) is 0. The lowest BCUT2D eigenvalue weighted by Gasteiger charge is -2.57. The molecule has 1 spiro atoms. The molecule has 0 N–H and O–H groups in total. The van der Waals surface area contributed by atoms with E-state index in [1.807, 2.05) is 0 Å². The van der Waals surface area contributed by atoms with Crippen LogP contribution in [0.25, 0.3) is 44.5 Å². The van der Waals surface area contributed by atoms with Gasteiger partial charge in [0.2, 0.25) is 0 Å². The third-order valence-electron chi connectivity index (χ3n) is 18.9. The highest BCUT2D eigenvalue weighted by atomic mass is 15.1. The van der Waals surface area contributed by atoms with Gasteiger partial charge in [-0.25, -0.2) is 0 Å². The van der Waals surface area contributed by atoms with Crippen molar-refractivity contribution in [3.63, 3.8) is 0 Å². The van der Waals surface area contributed by atoms with Crippen molar-refractivity contribution in [2.45, 2.75) is 121 Å². The second kappa shape index (κ2) is 14.8. The van der Waals surface area contributed by atoms with Crippen molar-refractivity contribution in [3.8, 4) is 44.5 Å². The molecule has 352 valence electrons. The van der Waals surface area contributed by atoms with Crippen LogP contribution in [0.15, 0.2) is 170 Å². The molecule has 1 nitrogen and oxygen atoms in total. The van der Waals surface area contributed by atoms with E-state index in [1.54, 1.807) is 5.56 Å². The van der Waals surface area contributed by atoms with E-state index in [4.69, 9.17) is 0 Å². The average Bonchev–Trinajstić information content (AvgIpc) is 3.91. The molecule has 0 saturated heterocycles. The maximum Gasteiger partial charge on any atom is 0.0726 e. The van der Waals surface area contributed by atoms with Gasteiger partial charge in [-0.05, 0) is 186 Å². The number of rotatable bonds is 5. The molecule has 8 aromatic carbocycles. The molecule has 0 heterocycles. The fourth-order valence-corrected chi connectivity index (χ4v) is 16.0. The number of anilines is 3. The van der Waals surface area contributed by atoms with Gasteiger partial charge in [0.25, 0.3) is 0 Å². The lowest BCUT2D eigenvalue weighted by Crippen LogP contribution is -2.48. The van der Waals surface area contributed by atoms with Gasteiger partial charge in [0.05, 0.1) is 16.8 Å². The molecule has 4 bridgehead atoms. The van der Waals surface area contributed by atoms with E-state index in [2.05, 4.69) is 230 Å². The number of para-hydroxylation sites is 1. The van der Waals surface area contributed by atoms with Gasteiger partial charge in [-0.15, -0.1) is 0 Å². The van der Waals surface area contributed by atoms with Gasteiger partial charge in [-0.2, -0.15) is 0 Å². The fraction of sp³-hybridized carbons (Fsp3) is 0.314. The van der Waals surface area contributed by atoms with E-state index >= 15 is 0 Å². The summed E-state index contributed by atoms with van der Waals surface area (Å²) in [6.07, 6.45) is 8.55. The molecule has 7 aliphatic rings. The predicted octanol–water partition coefficient (Wildman–Crippen LogP) is 18.5. The molecule has 0 amide bonds. The fourth-order valence-electron chi connectivity index (χ4n) is 16.0. The molecule has 71 heavy (non-hydrogen) atoms. The summed E-state index contributed by atoms with van der Waals surface area (Å²) in [5.74, 6) is 2.76. The largest absolute Gasteiger partial charge is 0.310 e. The Hall–Kier alpha value is -6.44. The highest BCUT2D eigenvalue weighted by Gasteiger charge is 2.54. The van der Waals surface area contributed by atoms with Crippen molar-refractivity contribution in [3.05, 3.63) is 220 Å². The zero-order valence-corrected chi connectivity index (χ0v) is 43.1. The van der Waals surface area contributed by atoms with E-state index in [-0.39, 0.29) is 16.2 Å². The average molecular weight is 922 g/mol. The number of fused-ring (bicyclic) bond motifs is 13.